The second-order valence-electron chi connectivity index (χ2n) is 5.36. The van der Waals surface area contributed by atoms with E-state index in [2.05, 4.69) is 17.1 Å². The number of rotatable bonds is 6. The highest BCUT2D eigenvalue weighted by Crippen LogP contribution is 2.28. The Labute approximate surface area is 121 Å². The van der Waals surface area contributed by atoms with Crippen molar-refractivity contribution in [3.05, 3.63) is 23.8 Å². The van der Waals surface area contributed by atoms with Crippen LogP contribution in [-0.2, 0) is 0 Å². The fourth-order valence-corrected chi connectivity index (χ4v) is 2.34. The van der Waals surface area contributed by atoms with Crippen LogP contribution in [-0.4, -0.2) is 43.5 Å². The first-order valence-corrected chi connectivity index (χ1v) is 7.38. The summed E-state index contributed by atoms with van der Waals surface area (Å²) in [7, 11) is 2.01. The highest BCUT2D eigenvalue weighted by molar-refractivity contribution is 6.01. The van der Waals surface area contributed by atoms with E-state index in [1.54, 1.807) is 0 Å². The van der Waals surface area contributed by atoms with E-state index in [1.807, 2.05) is 32.2 Å². The minimum atomic E-state index is -0.0934. The van der Waals surface area contributed by atoms with E-state index in [4.69, 9.17) is 4.74 Å². The Bertz CT molecular complexity index is 474. The standard InChI is InChI=1S/C16H24N2O2/c1-4-5-9-18(3)12(2)16(19)13-6-7-15-14(11-13)17-8-10-20-15/h6-7,11-12,17H,4-5,8-10H2,1-3H3. The molecule has 0 saturated carbocycles. The Hall–Kier alpha value is -1.55. The van der Waals surface area contributed by atoms with Gasteiger partial charge in [0.15, 0.2) is 5.78 Å². The maximum Gasteiger partial charge on any atom is 0.179 e. The van der Waals surface area contributed by atoms with E-state index in [0.717, 1.165) is 42.9 Å². The maximum absolute atomic E-state index is 12.5. The first kappa shape index (κ1) is 14.9. The number of Topliss-reactive ketones (excluding diaryl/α,β-unsaturated/α-hetero) is 1. The van der Waals surface area contributed by atoms with Crippen molar-refractivity contribution >= 4 is 11.5 Å². The van der Waals surface area contributed by atoms with E-state index < -0.39 is 0 Å². The molecule has 2 rings (SSSR count). The molecule has 1 heterocycles. The van der Waals surface area contributed by atoms with Gasteiger partial charge in [-0.25, -0.2) is 0 Å². The Balaban J connectivity index is 2.08. The normalized spacial score (nSPS) is 15.2. The first-order chi connectivity index (χ1) is 9.63. The lowest BCUT2D eigenvalue weighted by atomic mass is 10.0. The van der Waals surface area contributed by atoms with E-state index in [1.165, 1.54) is 0 Å². The molecule has 110 valence electrons. The van der Waals surface area contributed by atoms with Crippen molar-refractivity contribution in [2.24, 2.45) is 0 Å². The summed E-state index contributed by atoms with van der Waals surface area (Å²) in [5.41, 5.74) is 1.67. The number of nitrogens with zero attached hydrogens (tertiary/aromatic N) is 1. The van der Waals surface area contributed by atoms with Crippen LogP contribution < -0.4 is 10.1 Å². The lowest BCUT2D eigenvalue weighted by Crippen LogP contribution is -2.36. The lowest BCUT2D eigenvalue weighted by Gasteiger charge is -2.24. The molecule has 1 aromatic carbocycles. The fourth-order valence-electron chi connectivity index (χ4n) is 2.34. The van der Waals surface area contributed by atoms with Crippen LogP contribution in [0.3, 0.4) is 0 Å². The van der Waals surface area contributed by atoms with Gasteiger partial charge < -0.3 is 10.1 Å². The number of carbonyl (C=O) groups is 1. The summed E-state index contributed by atoms with van der Waals surface area (Å²) in [6, 6.07) is 5.55. The molecule has 0 spiro atoms. The predicted molar refractivity (Wildman–Crippen MR) is 81.8 cm³/mol. The molecule has 0 amide bonds. The highest BCUT2D eigenvalue weighted by Gasteiger charge is 2.21. The van der Waals surface area contributed by atoms with Crippen LogP contribution >= 0.6 is 0 Å². The molecular weight excluding hydrogens is 252 g/mol. The number of hydrogen-bond acceptors (Lipinski definition) is 4. The van der Waals surface area contributed by atoms with Crippen LogP contribution in [0, 0.1) is 0 Å². The van der Waals surface area contributed by atoms with Gasteiger partial charge in [-0.2, -0.15) is 0 Å². The molecule has 1 unspecified atom stereocenters. The second kappa shape index (κ2) is 6.75. The molecule has 0 aromatic heterocycles. The summed E-state index contributed by atoms with van der Waals surface area (Å²) >= 11 is 0. The molecule has 1 atom stereocenters. The molecule has 1 N–H and O–H groups in total. The molecule has 1 aliphatic rings. The van der Waals surface area contributed by atoms with E-state index in [0.29, 0.717) is 6.61 Å². The quantitative estimate of drug-likeness (QED) is 0.811. The Morgan fingerprint density at radius 3 is 3.05 bits per heavy atom. The summed E-state index contributed by atoms with van der Waals surface area (Å²) in [6.45, 7) is 6.56. The Morgan fingerprint density at radius 2 is 2.30 bits per heavy atom. The number of carbonyl (C=O) groups excluding carboxylic acids is 1. The van der Waals surface area contributed by atoms with Gasteiger partial charge in [0.1, 0.15) is 12.4 Å². The fraction of sp³-hybridized carbons (Fsp3) is 0.562. The number of likely N-dealkylation sites (N-methyl/N-ethyl adjacent to an activating group) is 1. The van der Waals surface area contributed by atoms with Gasteiger partial charge in [0.05, 0.1) is 11.7 Å². The number of hydrogen-bond donors (Lipinski definition) is 1. The predicted octanol–water partition coefficient (Wildman–Crippen LogP) is 2.79. The molecule has 4 heteroatoms. The minimum Gasteiger partial charge on any atom is -0.490 e. The third kappa shape index (κ3) is 3.31. The van der Waals surface area contributed by atoms with Gasteiger partial charge in [-0.3, -0.25) is 9.69 Å². The van der Waals surface area contributed by atoms with Crippen molar-refractivity contribution in [3.63, 3.8) is 0 Å². The van der Waals surface area contributed by atoms with Crippen LogP contribution in [0.5, 0.6) is 5.75 Å². The van der Waals surface area contributed by atoms with Gasteiger partial charge >= 0.3 is 0 Å². The van der Waals surface area contributed by atoms with Gasteiger partial charge in [-0.15, -0.1) is 0 Å². The summed E-state index contributed by atoms with van der Waals surface area (Å²) in [5, 5.41) is 3.27. The second-order valence-corrected chi connectivity index (χ2v) is 5.36. The van der Waals surface area contributed by atoms with Gasteiger partial charge in [-0.1, -0.05) is 13.3 Å². The van der Waals surface area contributed by atoms with Crippen LogP contribution in [0.4, 0.5) is 5.69 Å². The molecule has 1 aromatic rings. The lowest BCUT2D eigenvalue weighted by molar-refractivity contribution is 0.0867. The first-order valence-electron chi connectivity index (χ1n) is 7.38. The van der Waals surface area contributed by atoms with Gasteiger partial charge in [-0.05, 0) is 45.1 Å². The topological polar surface area (TPSA) is 41.6 Å². The molecule has 0 saturated heterocycles. The monoisotopic (exact) mass is 276 g/mol. The van der Waals surface area contributed by atoms with Gasteiger partial charge in [0.25, 0.3) is 0 Å². The summed E-state index contributed by atoms with van der Waals surface area (Å²) in [4.78, 5) is 14.6. The van der Waals surface area contributed by atoms with Gasteiger partial charge in [0, 0.05) is 12.1 Å². The number of ketones is 1. The zero-order valence-corrected chi connectivity index (χ0v) is 12.6. The van der Waals surface area contributed by atoms with Crippen LogP contribution in [0.1, 0.15) is 37.0 Å². The zero-order chi connectivity index (χ0) is 14.5. The number of benzene rings is 1. The highest BCUT2D eigenvalue weighted by atomic mass is 16.5. The molecule has 0 bridgehead atoms. The summed E-state index contributed by atoms with van der Waals surface area (Å²) in [6.07, 6.45) is 2.26. The van der Waals surface area contributed by atoms with Crippen LogP contribution in [0.2, 0.25) is 0 Å². The molecule has 0 radical (unpaired) electrons. The summed E-state index contributed by atoms with van der Waals surface area (Å²) < 4.78 is 5.54. The minimum absolute atomic E-state index is 0.0934. The smallest absolute Gasteiger partial charge is 0.179 e. The average molecular weight is 276 g/mol. The third-order valence-corrected chi connectivity index (χ3v) is 3.84. The van der Waals surface area contributed by atoms with Crippen molar-refractivity contribution < 1.29 is 9.53 Å². The van der Waals surface area contributed by atoms with E-state index >= 15 is 0 Å². The number of fused-ring (bicyclic) bond motifs is 1. The van der Waals surface area contributed by atoms with Gasteiger partial charge in [0.2, 0.25) is 0 Å². The maximum atomic E-state index is 12.5. The molecule has 1 aliphatic heterocycles. The number of unbranched alkanes of at least 4 members (excludes halogenated alkanes) is 1. The van der Waals surface area contributed by atoms with Crippen molar-refractivity contribution in [2.75, 3.05) is 32.1 Å². The number of nitrogens with one attached hydrogen (secondary N) is 1. The van der Waals surface area contributed by atoms with E-state index in [-0.39, 0.29) is 11.8 Å². The summed E-state index contributed by atoms with van der Waals surface area (Å²) in [5.74, 6) is 0.999. The van der Waals surface area contributed by atoms with Crippen LogP contribution in [0.25, 0.3) is 0 Å². The zero-order valence-electron chi connectivity index (χ0n) is 12.6. The molecule has 0 aliphatic carbocycles. The van der Waals surface area contributed by atoms with Crippen molar-refractivity contribution in [3.8, 4) is 5.75 Å². The number of ether oxygens (including phenoxy) is 1. The van der Waals surface area contributed by atoms with Crippen molar-refractivity contribution in [2.45, 2.75) is 32.7 Å². The van der Waals surface area contributed by atoms with Crippen molar-refractivity contribution in [1.82, 2.24) is 4.90 Å². The van der Waals surface area contributed by atoms with Crippen molar-refractivity contribution in [1.29, 1.82) is 0 Å². The largest absolute Gasteiger partial charge is 0.490 e. The molecule has 4 nitrogen and oxygen atoms in total. The van der Waals surface area contributed by atoms with E-state index in [9.17, 15) is 4.79 Å². The van der Waals surface area contributed by atoms with Crippen LogP contribution in [0.15, 0.2) is 18.2 Å². The molecule has 20 heavy (non-hydrogen) atoms. The SMILES string of the molecule is CCCCN(C)C(C)C(=O)c1ccc2c(c1)NCCO2. The average Bonchev–Trinajstić information content (AvgIpc) is 2.50. The molecular formula is C16H24N2O2. The third-order valence-electron chi connectivity index (χ3n) is 3.84. The Morgan fingerprint density at radius 1 is 1.50 bits per heavy atom. The number of anilines is 1. The molecule has 0 fully saturated rings. The Kier molecular flexibility index (Phi) is 5.01.